The fourth-order valence-electron chi connectivity index (χ4n) is 3.95. The number of carbonyl (C=O) groups excluding carboxylic acids is 1. The number of para-hydroxylation sites is 1. The summed E-state index contributed by atoms with van der Waals surface area (Å²) < 4.78 is 27.1. The maximum Gasteiger partial charge on any atom is 0.254 e. The van der Waals surface area contributed by atoms with Gasteiger partial charge in [-0.15, -0.1) is 0 Å². The van der Waals surface area contributed by atoms with Crippen molar-refractivity contribution < 1.29 is 13.6 Å². The quantitative estimate of drug-likeness (QED) is 0.655. The Labute approximate surface area is 168 Å². The molecule has 1 aliphatic carbocycles. The Hall–Kier alpha value is -3.02. The Morgan fingerprint density at radius 2 is 1.72 bits per heavy atom. The molecule has 1 aromatic heterocycles. The van der Waals surface area contributed by atoms with Crippen LogP contribution in [-0.2, 0) is 0 Å². The molecule has 0 unspecified atom stereocenters. The second-order valence-corrected chi connectivity index (χ2v) is 7.63. The molecular formula is C23H23F2N3O. The number of amides is 1. The third kappa shape index (κ3) is 4.36. The zero-order valence-corrected chi connectivity index (χ0v) is 16.2. The fraction of sp³-hybridized carbons (Fsp3) is 0.304. The Balaban J connectivity index is 1.35. The molecule has 2 aromatic carbocycles. The predicted octanol–water partition coefficient (Wildman–Crippen LogP) is 4.97. The predicted molar refractivity (Wildman–Crippen MR) is 110 cm³/mol. The van der Waals surface area contributed by atoms with E-state index in [-0.39, 0.29) is 17.6 Å². The van der Waals surface area contributed by atoms with Gasteiger partial charge in [0.25, 0.3) is 5.91 Å². The number of fused-ring (bicyclic) bond motifs is 1. The van der Waals surface area contributed by atoms with Crippen LogP contribution in [0, 0.1) is 18.6 Å². The van der Waals surface area contributed by atoms with E-state index in [0.29, 0.717) is 0 Å². The molecule has 0 radical (unpaired) electrons. The zero-order valence-electron chi connectivity index (χ0n) is 16.2. The largest absolute Gasteiger partial charge is 0.367 e. The Morgan fingerprint density at radius 3 is 2.52 bits per heavy atom. The minimum atomic E-state index is -0.711. The van der Waals surface area contributed by atoms with Gasteiger partial charge in [-0.2, -0.15) is 0 Å². The van der Waals surface area contributed by atoms with Crippen molar-refractivity contribution in [2.24, 2.45) is 0 Å². The van der Waals surface area contributed by atoms with E-state index in [2.05, 4.69) is 29.7 Å². The molecule has 0 aliphatic heterocycles. The van der Waals surface area contributed by atoms with Crippen molar-refractivity contribution >= 4 is 22.6 Å². The van der Waals surface area contributed by atoms with Crippen LogP contribution in [0.4, 0.5) is 14.6 Å². The molecule has 29 heavy (non-hydrogen) atoms. The molecular weight excluding hydrogens is 372 g/mol. The molecule has 0 atom stereocenters. The molecule has 150 valence electrons. The van der Waals surface area contributed by atoms with E-state index in [1.165, 1.54) is 5.56 Å². The average molecular weight is 395 g/mol. The van der Waals surface area contributed by atoms with Crippen molar-refractivity contribution in [3.63, 3.8) is 0 Å². The number of hydrogen-bond acceptors (Lipinski definition) is 3. The lowest BCUT2D eigenvalue weighted by Gasteiger charge is -2.30. The highest BCUT2D eigenvalue weighted by atomic mass is 19.1. The summed E-state index contributed by atoms with van der Waals surface area (Å²) in [4.78, 5) is 17.0. The van der Waals surface area contributed by atoms with E-state index in [1.807, 2.05) is 18.2 Å². The summed E-state index contributed by atoms with van der Waals surface area (Å²) in [5.74, 6) is -1.04. The summed E-state index contributed by atoms with van der Waals surface area (Å²) in [5, 5.41) is 7.48. The van der Waals surface area contributed by atoms with Gasteiger partial charge in [-0.25, -0.2) is 13.8 Å². The summed E-state index contributed by atoms with van der Waals surface area (Å²) in [6.07, 6.45) is 3.27. The number of carbonyl (C=O) groups is 1. The molecule has 4 nitrogen and oxygen atoms in total. The van der Waals surface area contributed by atoms with Gasteiger partial charge in [0.05, 0.1) is 11.1 Å². The van der Waals surface area contributed by atoms with Crippen molar-refractivity contribution in [2.75, 3.05) is 5.32 Å². The molecule has 6 heteroatoms. The van der Waals surface area contributed by atoms with Crippen LogP contribution in [0.25, 0.3) is 10.9 Å². The SMILES string of the molecule is Cc1cc(NC2CCC(NC(=O)c3cc(F)ccc3F)CC2)nc2ccccc12. The maximum atomic E-state index is 13.8. The number of benzene rings is 2. The fourth-order valence-corrected chi connectivity index (χ4v) is 3.95. The number of aryl methyl sites for hydroxylation is 1. The number of anilines is 1. The molecule has 0 saturated heterocycles. The van der Waals surface area contributed by atoms with Crippen molar-refractivity contribution in [3.05, 3.63) is 71.3 Å². The number of hydrogen-bond donors (Lipinski definition) is 2. The molecule has 3 aromatic rings. The molecule has 0 spiro atoms. The van der Waals surface area contributed by atoms with E-state index in [1.54, 1.807) is 0 Å². The summed E-state index contributed by atoms with van der Waals surface area (Å²) in [6, 6.07) is 13.3. The first-order chi connectivity index (χ1) is 14.0. The topological polar surface area (TPSA) is 54.0 Å². The van der Waals surface area contributed by atoms with Gasteiger partial charge in [0.2, 0.25) is 0 Å². The Morgan fingerprint density at radius 1 is 1.00 bits per heavy atom. The lowest BCUT2D eigenvalue weighted by atomic mass is 9.91. The molecule has 0 bridgehead atoms. The first kappa shape index (κ1) is 19.3. The highest BCUT2D eigenvalue weighted by Crippen LogP contribution is 2.25. The molecule has 1 amide bonds. The number of pyridine rings is 1. The van der Waals surface area contributed by atoms with Gasteiger partial charge in [0, 0.05) is 17.5 Å². The lowest BCUT2D eigenvalue weighted by molar-refractivity contribution is 0.0922. The van der Waals surface area contributed by atoms with E-state index in [9.17, 15) is 13.6 Å². The van der Waals surface area contributed by atoms with Gasteiger partial charge < -0.3 is 10.6 Å². The normalized spacial score (nSPS) is 19.1. The van der Waals surface area contributed by atoms with Crippen molar-refractivity contribution in [3.8, 4) is 0 Å². The second-order valence-electron chi connectivity index (χ2n) is 7.63. The summed E-state index contributed by atoms with van der Waals surface area (Å²) in [7, 11) is 0. The molecule has 1 aliphatic rings. The highest BCUT2D eigenvalue weighted by molar-refractivity contribution is 5.94. The van der Waals surface area contributed by atoms with Crippen LogP contribution >= 0.6 is 0 Å². The van der Waals surface area contributed by atoms with Crippen LogP contribution in [-0.4, -0.2) is 23.0 Å². The van der Waals surface area contributed by atoms with Crippen LogP contribution in [0.1, 0.15) is 41.6 Å². The molecule has 4 rings (SSSR count). The monoisotopic (exact) mass is 395 g/mol. The van der Waals surface area contributed by atoms with Crippen molar-refractivity contribution in [1.82, 2.24) is 10.3 Å². The van der Waals surface area contributed by atoms with Crippen LogP contribution in [0.5, 0.6) is 0 Å². The van der Waals surface area contributed by atoms with Gasteiger partial charge in [0.1, 0.15) is 17.5 Å². The first-order valence-corrected chi connectivity index (χ1v) is 9.88. The van der Waals surface area contributed by atoms with Gasteiger partial charge in [-0.1, -0.05) is 18.2 Å². The van der Waals surface area contributed by atoms with Crippen LogP contribution in [0.3, 0.4) is 0 Å². The van der Waals surface area contributed by atoms with Gasteiger partial charge in [0.15, 0.2) is 0 Å². The van der Waals surface area contributed by atoms with E-state index in [4.69, 9.17) is 4.98 Å². The van der Waals surface area contributed by atoms with Crippen LogP contribution in [0.15, 0.2) is 48.5 Å². The summed E-state index contributed by atoms with van der Waals surface area (Å²) in [6.45, 7) is 2.08. The summed E-state index contributed by atoms with van der Waals surface area (Å²) >= 11 is 0. The molecule has 1 saturated carbocycles. The smallest absolute Gasteiger partial charge is 0.254 e. The molecule has 2 N–H and O–H groups in total. The van der Waals surface area contributed by atoms with Crippen LogP contribution in [0.2, 0.25) is 0 Å². The summed E-state index contributed by atoms with van der Waals surface area (Å²) in [5.41, 5.74) is 1.89. The number of aromatic nitrogens is 1. The second kappa shape index (κ2) is 8.15. The number of halogens is 2. The third-order valence-electron chi connectivity index (χ3n) is 5.51. The minimum Gasteiger partial charge on any atom is -0.367 e. The van der Waals surface area contributed by atoms with E-state index >= 15 is 0 Å². The van der Waals surface area contributed by atoms with E-state index in [0.717, 1.165) is 60.6 Å². The minimum absolute atomic E-state index is 0.0467. The van der Waals surface area contributed by atoms with Crippen LogP contribution < -0.4 is 10.6 Å². The standard InChI is InChI=1S/C23H23F2N3O/c1-14-12-22(28-21-5-3-2-4-18(14)21)26-16-7-9-17(10-8-16)27-23(29)19-13-15(24)6-11-20(19)25/h2-6,11-13,16-17H,7-10H2,1H3,(H,26,28)(H,27,29). The van der Waals surface area contributed by atoms with Crippen molar-refractivity contribution in [2.45, 2.75) is 44.7 Å². The molecule has 1 fully saturated rings. The zero-order chi connectivity index (χ0) is 20.4. The first-order valence-electron chi connectivity index (χ1n) is 9.88. The van der Waals surface area contributed by atoms with E-state index < -0.39 is 17.5 Å². The Kier molecular flexibility index (Phi) is 5.43. The van der Waals surface area contributed by atoms with Crippen molar-refractivity contribution in [1.29, 1.82) is 0 Å². The third-order valence-corrected chi connectivity index (χ3v) is 5.51. The van der Waals surface area contributed by atoms with Gasteiger partial charge in [-0.3, -0.25) is 4.79 Å². The highest BCUT2D eigenvalue weighted by Gasteiger charge is 2.24. The van der Waals surface area contributed by atoms with Gasteiger partial charge in [-0.05, 0) is 68.5 Å². The number of nitrogens with zero attached hydrogens (tertiary/aromatic N) is 1. The number of nitrogens with one attached hydrogen (secondary N) is 2. The lowest BCUT2D eigenvalue weighted by Crippen LogP contribution is -2.40. The number of rotatable bonds is 4. The van der Waals surface area contributed by atoms with Gasteiger partial charge >= 0.3 is 0 Å². The maximum absolute atomic E-state index is 13.8. The molecule has 1 heterocycles. The average Bonchev–Trinajstić information content (AvgIpc) is 2.71. The Bertz CT molecular complexity index is 1050.